The van der Waals surface area contributed by atoms with E-state index in [4.69, 9.17) is 4.74 Å². The molecule has 0 saturated carbocycles. The Morgan fingerprint density at radius 3 is 2.53 bits per heavy atom. The van der Waals surface area contributed by atoms with Crippen LogP contribution in [0.5, 0.6) is 5.75 Å². The number of benzene rings is 1. The highest BCUT2D eigenvalue weighted by Crippen LogP contribution is 2.28. The number of likely N-dealkylation sites (N-methyl/N-ethyl adjacent to an activating group) is 1. The van der Waals surface area contributed by atoms with Gasteiger partial charge in [-0.3, -0.25) is 10.1 Å². The number of ether oxygens (including phenoxy) is 1. The van der Waals surface area contributed by atoms with Gasteiger partial charge in [0.25, 0.3) is 5.69 Å². The lowest BCUT2D eigenvalue weighted by Crippen LogP contribution is -2.36. The third-order valence-corrected chi connectivity index (χ3v) is 2.46. The highest BCUT2D eigenvalue weighted by Gasteiger charge is 2.18. The Hall–Kier alpha value is -1.82. The summed E-state index contributed by atoms with van der Waals surface area (Å²) in [7, 11) is 1.77. The van der Waals surface area contributed by atoms with Crippen molar-refractivity contribution in [3.8, 4) is 5.75 Å². The van der Waals surface area contributed by atoms with Crippen LogP contribution in [0.1, 0.15) is 20.8 Å². The Morgan fingerprint density at radius 2 is 2.05 bits per heavy atom. The van der Waals surface area contributed by atoms with Gasteiger partial charge in [-0.25, -0.2) is 0 Å². The standard InChI is InChI=1S/C13H20N2O4/c1-5-19-12-7-10(6-11(8-12)15(17)18)14(4)9-13(2,3)16/h6-8,16H,5,9H2,1-4H3. The Kier molecular flexibility index (Phi) is 4.72. The van der Waals surface area contributed by atoms with E-state index in [2.05, 4.69) is 0 Å². The van der Waals surface area contributed by atoms with Crippen molar-refractivity contribution in [2.24, 2.45) is 0 Å². The van der Waals surface area contributed by atoms with Crippen molar-refractivity contribution >= 4 is 11.4 Å². The highest BCUT2D eigenvalue weighted by molar-refractivity contribution is 5.57. The van der Waals surface area contributed by atoms with Crippen LogP contribution in [0.15, 0.2) is 18.2 Å². The monoisotopic (exact) mass is 268 g/mol. The zero-order valence-electron chi connectivity index (χ0n) is 11.7. The molecule has 0 spiro atoms. The van der Waals surface area contributed by atoms with Crippen molar-refractivity contribution in [1.29, 1.82) is 0 Å². The van der Waals surface area contributed by atoms with Gasteiger partial charge in [-0.05, 0) is 20.8 Å². The molecule has 0 radical (unpaired) electrons. The smallest absolute Gasteiger partial charge is 0.275 e. The van der Waals surface area contributed by atoms with Crippen LogP contribution in [0.25, 0.3) is 0 Å². The third kappa shape index (κ3) is 4.75. The summed E-state index contributed by atoms with van der Waals surface area (Å²) in [6, 6.07) is 4.58. The summed E-state index contributed by atoms with van der Waals surface area (Å²) in [5.41, 5.74) is -0.270. The van der Waals surface area contributed by atoms with Gasteiger partial charge < -0.3 is 14.7 Å². The van der Waals surface area contributed by atoms with E-state index in [1.165, 1.54) is 12.1 Å². The van der Waals surface area contributed by atoms with E-state index in [0.717, 1.165) is 0 Å². The first-order valence-corrected chi connectivity index (χ1v) is 6.08. The number of non-ortho nitro benzene ring substituents is 1. The normalized spacial score (nSPS) is 11.2. The van der Waals surface area contributed by atoms with Gasteiger partial charge in [0.2, 0.25) is 0 Å². The second-order valence-corrected chi connectivity index (χ2v) is 5.04. The molecule has 0 bridgehead atoms. The van der Waals surface area contributed by atoms with Gasteiger partial charge in [-0.2, -0.15) is 0 Å². The largest absolute Gasteiger partial charge is 0.494 e. The van der Waals surface area contributed by atoms with E-state index in [-0.39, 0.29) is 5.69 Å². The average molecular weight is 268 g/mol. The number of hydrogen-bond donors (Lipinski definition) is 1. The lowest BCUT2D eigenvalue weighted by Gasteiger charge is -2.27. The molecule has 106 valence electrons. The summed E-state index contributed by atoms with van der Waals surface area (Å²) in [6.45, 7) is 5.99. The number of aliphatic hydroxyl groups is 1. The van der Waals surface area contributed by atoms with Gasteiger partial charge in [-0.15, -0.1) is 0 Å². The molecule has 0 saturated heterocycles. The van der Waals surface area contributed by atoms with Crippen molar-refractivity contribution in [2.45, 2.75) is 26.4 Å². The van der Waals surface area contributed by atoms with Gasteiger partial charge in [0.1, 0.15) is 5.75 Å². The highest BCUT2D eigenvalue weighted by atomic mass is 16.6. The molecule has 19 heavy (non-hydrogen) atoms. The fraction of sp³-hybridized carbons (Fsp3) is 0.538. The summed E-state index contributed by atoms with van der Waals surface area (Å²) >= 11 is 0. The maximum absolute atomic E-state index is 10.9. The first-order chi connectivity index (χ1) is 8.73. The van der Waals surface area contributed by atoms with Crippen LogP contribution >= 0.6 is 0 Å². The van der Waals surface area contributed by atoms with Crippen LogP contribution in [-0.2, 0) is 0 Å². The van der Waals surface area contributed by atoms with Crippen molar-refractivity contribution in [3.63, 3.8) is 0 Å². The topological polar surface area (TPSA) is 75.8 Å². The lowest BCUT2D eigenvalue weighted by molar-refractivity contribution is -0.384. The van der Waals surface area contributed by atoms with Gasteiger partial charge in [0.15, 0.2) is 0 Å². The molecule has 0 aliphatic carbocycles. The molecule has 1 aromatic rings. The molecule has 0 aliphatic heterocycles. The summed E-state index contributed by atoms with van der Waals surface area (Å²) < 4.78 is 5.32. The lowest BCUT2D eigenvalue weighted by atomic mass is 10.1. The number of anilines is 1. The molecule has 0 atom stereocenters. The van der Waals surface area contributed by atoms with Crippen molar-refractivity contribution < 1.29 is 14.8 Å². The van der Waals surface area contributed by atoms with Crippen molar-refractivity contribution in [2.75, 3.05) is 25.1 Å². The predicted molar refractivity (Wildman–Crippen MR) is 73.8 cm³/mol. The summed E-state index contributed by atoms with van der Waals surface area (Å²) in [5, 5.41) is 20.7. The quantitative estimate of drug-likeness (QED) is 0.632. The van der Waals surface area contributed by atoms with Crippen LogP contribution in [0, 0.1) is 10.1 Å². The van der Waals surface area contributed by atoms with Gasteiger partial charge >= 0.3 is 0 Å². The second kappa shape index (κ2) is 5.88. The fourth-order valence-electron chi connectivity index (χ4n) is 1.82. The zero-order valence-corrected chi connectivity index (χ0v) is 11.7. The molecule has 0 fully saturated rings. The van der Waals surface area contributed by atoms with E-state index in [1.54, 1.807) is 31.9 Å². The Bertz CT molecular complexity index is 454. The molecular formula is C13H20N2O4. The van der Waals surface area contributed by atoms with Crippen molar-refractivity contribution in [3.05, 3.63) is 28.3 Å². The Balaban J connectivity index is 3.08. The molecule has 1 aromatic carbocycles. The van der Waals surface area contributed by atoms with Crippen LogP contribution in [0.2, 0.25) is 0 Å². The number of nitro benzene ring substituents is 1. The van der Waals surface area contributed by atoms with E-state index >= 15 is 0 Å². The van der Waals surface area contributed by atoms with E-state index in [0.29, 0.717) is 24.6 Å². The molecule has 0 unspecified atom stereocenters. The first kappa shape index (κ1) is 15.2. The summed E-state index contributed by atoms with van der Waals surface area (Å²) in [4.78, 5) is 12.2. The molecule has 6 heteroatoms. The number of nitrogens with zero attached hydrogens (tertiary/aromatic N) is 2. The number of nitro groups is 1. The fourth-order valence-corrected chi connectivity index (χ4v) is 1.82. The molecule has 1 rings (SSSR count). The predicted octanol–water partition coefficient (Wildman–Crippen LogP) is 2.20. The summed E-state index contributed by atoms with van der Waals surface area (Å²) in [6.07, 6.45) is 0. The van der Waals surface area contributed by atoms with E-state index in [9.17, 15) is 15.2 Å². The molecule has 0 aliphatic rings. The maximum Gasteiger partial charge on any atom is 0.275 e. The Morgan fingerprint density at radius 1 is 1.42 bits per heavy atom. The SMILES string of the molecule is CCOc1cc(N(C)CC(C)(C)O)cc([N+](=O)[O-])c1. The molecule has 6 nitrogen and oxygen atoms in total. The van der Waals surface area contributed by atoms with Crippen LogP contribution in [0.4, 0.5) is 11.4 Å². The van der Waals surface area contributed by atoms with E-state index in [1.807, 2.05) is 6.92 Å². The number of rotatable bonds is 6. The second-order valence-electron chi connectivity index (χ2n) is 5.04. The first-order valence-electron chi connectivity index (χ1n) is 6.08. The van der Waals surface area contributed by atoms with Crippen molar-refractivity contribution in [1.82, 2.24) is 0 Å². The Labute approximate surface area is 112 Å². The molecular weight excluding hydrogens is 248 g/mol. The van der Waals surface area contributed by atoms with E-state index < -0.39 is 10.5 Å². The number of hydrogen-bond acceptors (Lipinski definition) is 5. The zero-order chi connectivity index (χ0) is 14.6. The molecule has 0 amide bonds. The van der Waals surface area contributed by atoms with Crippen LogP contribution < -0.4 is 9.64 Å². The minimum atomic E-state index is -0.884. The van der Waals surface area contributed by atoms with Gasteiger partial charge in [0.05, 0.1) is 23.2 Å². The average Bonchev–Trinajstić information content (AvgIpc) is 2.26. The van der Waals surface area contributed by atoms with Crippen LogP contribution in [-0.4, -0.2) is 35.8 Å². The maximum atomic E-state index is 10.9. The van der Waals surface area contributed by atoms with Gasteiger partial charge in [0, 0.05) is 31.4 Å². The summed E-state index contributed by atoms with van der Waals surface area (Å²) in [5.74, 6) is 0.453. The third-order valence-electron chi connectivity index (χ3n) is 2.46. The molecule has 0 heterocycles. The molecule has 0 aromatic heterocycles. The minimum absolute atomic E-state index is 0.0245. The minimum Gasteiger partial charge on any atom is -0.494 e. The van der Waals surface area contributed by atoms with Crippen LogP contribution in [0.3, 0.4) is 0 Å². The van der Waals surface area contributed by atoms with Gasteiger partial charge in [-0.1, -0.05) is 0 Å². The molecule has 1 N–H and O–H groups in total.